The molecule has 0 spiro atoms. The van der Waals surface area contributed by atoms with Gasteiger partial charge in [0.15, 0.2) is 0 Å². The lowest BCUT2D eigenvalue weighted by molar-refractivity contribution is 1.44. The van der Waals surface area contributed by atoms with Crippen LogP contribution in [0.25, 0.3) is 55.5 Å². The van der Waals surface area contributed by atoms with Gasteiger partial charge in [-0.25, -0.2) is 0 Å². The zero-order valence-electron chi connectivity index (χ0n) is 16.1. The van der Waals surface area contributed by atoms with Crippen molar-refractivity contribution in [2.24, 2.45) is 0 Å². The summed E-state index contributed by atoms with van der Waals surface area (Å²) in [6, 6.07) is 18.1. The molecule has 1 aliphatic rings. The maximum atomic E-state index is 3.68. The van der Waals surface area contributed by atoms with E-state index in [9.17, 15) is 0 Å². The molecule has 0 amide bonds. The van der Waals surface area contributed by atoms with E-state index in [0.717, 1.165) is 6.42 Å². The highest BCUT2D eigenvalue weighted by Crippen LogP contribution is 2.37. The molecule has 1 N–H and O–H groups in total. The standard InChI is InChI=1S/C27H21N/c1-16-20-10-6-7-11-21(20)17(2)23-15-27-25(14-22(16)23)24-12-18-8-4-3-5-9-19(18)13-26(24)28-27/h4-15,28H,3H2,1-2H3. The smallest absolute Gasteiger partial charge is 0.0471 e. The Morgan fingerprint density at radius 2 is 1.18 bits per heavy atom. The summed E-state index contributed by atoms with van der Waals surface area (Å²) in [4.78, 5) is 3.68. The van der Waals surface area contributed by atoms with Crippen LogP contribution in [0.1, 0.15) is 28.7 Å². The number of aryl methyl sites for hydroxylation is 2. The highest BCUT2D eigenvalue weighted by Gasteiger charge is 2.13. The molecule has 1 heterocycles. The van der Waals surface area contributed by atoms with E-state index in [1.165, 1.54) is 65.6 Å². The summed E-state index contributed by atoms with van der Waals surface area (Å²) < 4.78 is 0. The van der Waals surface area contributed by atoms with E-state index in [0.29, 0.717) is 0 Å². The van der Waals surface area contributed by atoms with E-state index in [-0.39, 0.29) is 0 Å². The monoisotopic (exact) mass is 359 g/mol. The SMILES string of the molecule is Cc1c2ccccc2c(C)c2cc3c(cc12)[nH]c1cc2c(cc13)C=CCC=C2. The first kappa shape index (κ1) is 15.7. The highest BCUT2D eigenvalue weighted by molar-refractivity contribution is 6.16. The number of allylic oxidation sites excluding steroid dienone is 2. The summed E-state index contributed by atoms with van der Waals surface area (Å²) in [5, 5.41) is 8.02. The van der Waals surface area contributed by atoms with Crippen molar-refractivity contribution in [1.29, 1.82) is 0 Å². The maximum Gasteiger partial charge on any atom is 0.0471 e. The molecule has 1 aliphatic carbocycles. The summed E-state index contributed by atoms with van der Waals surface area (Å²) in [6.45, 7) is 4.50. The summed E-state index contributed by atoms with van der Waals surface area (Å²) in [7, 11) is 0. The second-order valence-electron chi connectivity index (χ2n) is 7.93. The van der Waals surface area contributed by atoms with E-state index < -0.39 is 0 Å². The minimum atomic E-state index is 1.000. The Hall–Kier alpha value is -3.32. The Balaban J connectivity index is 1.77. The summed E-state index contributed by atoms with van der Waals surface area (Å²) in [6.07, 6.45) is 9.94. The number of nitrogens with one attached hydrogen (secondary N) is 1. The summed E-state index contributed by atoms with van der Waals surface area (Å²) in [5.74, 6) is 0. The topological polar surface area (TPSA) is 15.8 Å². The molecule has 0 saturated carbocycles. The third-order valence-corrected chi connectivity index (χ3v) is 6.35. The van der Waals surface area contributed by atoms with Crippen LogP contribution in [0.5, 0.6) is 0 Å². The van der Waals surface area contributed by atoms with Crippen LogP contribution in [-0.4, -0.2) is 4.98 Å². The van der Waals surface area contributed by atoms with Crippen molar-refractivity contribution in [3.05, 3.63) is 82.9 Å². The molecule has 134 valence electrons. The van der Waals surface area contributed by atoms with Crippen molar-refractivity contribution in [2.45, 2.75) is 20.3 Å². The van der Waals surface area contributed by atoms with Gasteiger partial charge in [-0.2, -0.15) is 0 Å². The first-order valence-electron chi connectivity index (χ1n) is 9.95. The Bertz CT molecular complexity index is 1490. The Labute approximate surface area is 164 Å². The van der Waals surface area contributed by atoms with Gasteiger partial charge in [-0.15, -0.1) is 0 Å². The van der Waals surface area contributed by atoms with Gasteiger partial charge in [0.2, 0.25) is 0 Å². The van der Waals surface area contributed by atoms with Crippen molar-refractivity contribution in [1.82, 2.24) is 4.98 Å². The molecular weight excluding hydrogens is 338 g/mol. The van der Waals surface area contributed by atoms with Gasteiger partial charge in [0.25, 0.3) is 0 Å². The van der Waals surface area contributed by atoms with Crippen LogP contribution >= 0.6 is 0 Å². The van der Waals surface area contributed by atoms with Crippen LogP contribution in [0.3, 0.4) is 0 Å². The minimum Gasteiger partial charge on any atom is -0.354 e. The van der Waals surface area contributed by atoms with Crippen LogP contribution in [0.2, 0.25) is 0 Å². The lowest BCUT2D eigenvalue weighted by Gasteiger charge is -2.12. The normalized spacial score (nSPS) is 13.6. The molecule has 0 unspecified atom stereocenters. The highest BCUT2D eigenvalue weighted by atomic mass is 14.7. The predicted molar refractivity (Wildman–Crippen MR) is 123 cm³/mol. The number of H-pyrrole nitrogens is 1. The summed E-state index contributed by atoms with van der Waals surface area (Å²) in [5.41, 5.74) is 7.74. The average molecular weight is 359 g/mol. The number of fused-ring (bicyclic) bond motifs is 6. The van der Waals surface area contributed by atoms with E-state index in [1.54, 1.807) is 0 Å². The van der Waals surface area contributed by atoms with Gasteiger partial charge in [0.05, 0.1) is 0 Å². The second-order valence-corrected chi connectivity index (χ2v) is 7.93. The van der Waals surface area contributed by atoms with Crippen molar-refractivity contribution in [3.8, 4) is 0 Å². The number of benzene rings is 4. The molecule has 5 aromatic rings. The molecule has 0 saturated heterocycles. The molecule has 1 heteroatoms. The zero-order chi connectivity index (χ0) is 18.8. The van der Waals surface area contributed by atoms with Crippen molar-refractivity contribution < 1.29 is 0 Å². The van der Waals surface area contributed by atoms with Crippen molar-refractivity contribution in [3.63, 3.8) is 0 Å². The molecular formula is C27H21N. The van der Waals surface area contributed by atoms with E-state index >= 15 is 0 Å². The molecule has 6 rings (SSSR count). The molecule has 4 aromatic carbocycles. The Morgan fingerprint density at radius 3 is 1.89 bits per heavy atom. The van der Waals surface area contributed by atoms with Crippen molar-refractivity contribution >= 4 is 55.5 Å². The van der Waals surface area contributed by atoms with E-state index in [2.05, 4.69) is 91.7 Å². The summed E-state index contributed by atoms with van der Waals surface area (Å²) >= 11 is 0. The molecule has 0 atom stereocenters. The largest absolute Gasteiger partial charge is 0.354 e. The first-order chi connectivity index (χ1) is 13.7. The lowest BCUT2D eigenvalue weighted by atomic mass is 9.92. The predicted octanol–water partition coefficient (Wildman–Crippen LogP) is 7.67. The fraction of sp³-hybridized carbons (Fsp3) is 0.111. The third-order valence-electron chi connectivity index (χ3n) is 6.35. The van der Waals surface area contributed by atoms with Crippen LogP contribution in [-0.2, 0) is 0 Å². The Morgan fingerprint density at radius 1 is 0.607 bits per heavy atom. The van der Waals surface area contributed by atoms with Gasteiger partial charge in [0.1, 0.15) is 0 Å². The molecule has 28 heavy (non-hydrogen) atoms. The first-order valence-corrected chi connectivity index (χ1v) is 9.95. The maximum absolute atomic E-state index is 3.68. The van der Waals surface area contributed by atoms with Crippen LogP contribution in [0, 0.1) is 13.8 Å². The molecule has 0 fully saturated rings. The lowest BCUT2D eigenvalue weighted by Crippen LogP contribution is -1.88. The number of hydrogen-bond donors (Lipinski definition) is 1. The van der Waals surface area contributed by atoms with E-state index in [1.807, 2.05) is 0 Å². The van der Waals surface area contributed by atoms with Gasteiger partial charge >= 0.3 is 0 Å². The van der Waals surface area contributed by atoms with Crippen LogP contribution in [0.15, 0.2) is 60.7 Å². The second kappa shape index (κ2) is 5.59. The van der Waals surface area contributed by atoms with Crippen molar-refractivity contribution in [2.75, 3.05) is 0 Å². The number of aromatic nitrogens is 1. The van der Waals surface area contributed by atoms with Crippen LogP contribution < -0.4 is 0 Å². The Kier molecular flexibility index (Phi) is 3.14. The molecule has 0 aliphatic heterocycles. The van der Waals surface area contributed by atoms with Gasteiger partial charge in [-0.05, 0) is 88.3 Å². The number of aromatic amines is 1. The van der Waals surface area contributed by atoms with E-state index in [4.69, 9.17) is 0 Å². The fourth-order valence-electron chi connectivity index (χ4n) is 4.84. The fourth-order valence-corrected chi connectivity index (χ4v) is 4.84. The van der Waals surface area contributed by atoms with Gasteiger partial charge in [-0.1, -0.05) is 48.6 Å². The third kappa shape index (κ3) is 2.07. The zero-order valence-corrected chi connectivity index (χ0v) is 16.1. The molecule has 0 bridgehead atoms. The average Bonchev–Trinajstić information content (AvgIpc) is 2.89. The minimum absolute atomic E-state index is 1.000. The van der Waals surface area contributed by atoms with Gasteiger partial charge < -0.3 is 4.98 Å². The van der Waals surface area contributed by atoms with Crippen LogP contribution in [0.4, 0.5) is 0 Å². The quantitative estimate of drug-likeness (QED) is 0.273. The number of rotatable bonds is 0. The van der Waals surface area contributed by atoms with Gasteiger partial charge in [-0.3, -0.25) is 0 Å². The molecule has 1 nitrogen and oxygen atoms in total. The molecule has 0 radical (unpaired) electrons. The van der Waals surface area contributed by atoms with Gasteiger partial charge in [0, 0.05) is 21.8 Å². The number of hydrogen-bond acceptors (Lipinski definition) is 0. The molecule has 1 aromatic heterocycles.